The molecule has 1 aromatic carbocycles. The van der Waals surface area contributed by atoms with Gasteiger partial charge in [0, 0.05) is 19.0 Å². The molecule has 0 fully saturated rings. The van der Waals surface area contributed by atoms with E-state index in [2.05, 4.69) is 16.5 Å². The molecule has 1 unspecified atom stereocenters. The lowest BCUT2D eigenvalue weighted by molar-refractivity contribution is 0.0455. The number of allylic oxidation sites excluding steroid dienone is 1. The first-order valence-electron chi connectivity index (χ1n) is 13.7. The lowest BCUT2D eigenvalue weighted by Gasteiger charge is -2.31. The Balaban J connectivity index is 1.88. The lowest BCUT2D eigenvalue weighted by Crippen LogP contribution is -2.46. The van der Waals surface area contributed by atoms with Crippen LogP contribution in [0.1, 0.15) is 69.9 Å². The van der Waals surface area contributed by atoms with Gasteiger partial charge in [-0.3, -0.25) is 0 Å². The summed E-state index contributed by atoms with van der Waals surface area (Å²) >= 11 is 0. The van der Waals surface area contributed by atoms with E-state index in [1.807, 2.05) is 70.5 Å². The number of nitrogens with one attached hydrogen (secondary N) is 1. The third-order valence-electron chi connectivity index (χ3n) is 7.21. The van der Waals surface area contributed by atoms with Gasteiger partial charge in [-0.05, 0) is 77.3 Å². The van der Waals surface area contributed by atoms with Gasteiger partial charge in [0.25, 0.3) is 0 Å². The van der Waals surface area contributed by atoms with E-state index in [0.29, 0.717) is 41.3 Å². The predicted molar refractivity (Wildman–Crippen MR) is 159 cm³/mol. The van der Waals surface area contributed by atoms with Crippen LogP contribution >= 0.6 is 0 Å². The number of carbonyl (C=O) groups is 2. The highest BCUT2D eigenvalue weighted by atomic mass is 16.6. The van der Waals surface area contributed by atoms with Crippen molar-refractivity contribution in [2.75, 3.05) is 7.11 Å². The average Bonchev–Trinajstić information content (AvgIpc) is 3.43. The number of hydrogen-bond acceptors (Lipinski definition) is 6. The van der Waals surface area contributed by atoms with Gasteiger partial charge < -0.3 is 29.0 Å². The first kappa shape index (κ1) is 29.6. The van der Waals surface area contributed by atoms with Crippen LogP contribution in [0.15, 0.2) is 43.0 Å². The first-order chi connectivity index (χ1) is 19.3. The number of benzene rings is 1. The SMILES string of the molecule is C=CCCCn1c(-c2nc3cc(C(=O)O)cc(OC)c3n2C)cc2ccc(C(C)(CC)NC(=O)OC(C)(C)C)nc21. The van der Waals surface area contributed by atoms with Crippen molar-refractivity contribution in [3.8, 4) is 17.3 Å². The number of hydrogen-bond donors (Lipinski definition) is 2. The number of carbonyl (C=O) groups excluding carboxylic acids is 1. The largest absolute Gasteiger partial charge is 0.494 e. The molecule has 0 radical (unpaired) electrons. The summed E-state index contributed by atoms with van der Waals surface area (Å²) in [6.45, 7) is 13.9. The number of imidazole rings is 1. The minimum Gasteiger partial charge on any atom is -0.494 e. The number of carboxylic acids is 1. The summed E-state index contributed by atoms with van der Waals surface area (Å²) in [5.41, 5.74) is 2.26. The molecule has 3 heterocycles. The quantitative estimate of drug-likeness (QED) is 0.169. The molecule has 0 bridgehead atoms. The summed E-state index contributed by atoms with van der Waals surface area (Å²) in [5, 5.41) is 13.5. The summed E-state index contributed by atoms with van der Waals surface area (Å²) in [7, 11) is 3.40. The summed E-state index contributed by atoms with van der Waals surface area (Å²) in [6, 6.07) is 9.03. The van der Waals surface area contributed by atoms with Crippen molar-refractivity contribution in [2.45, 2.75) is 71.6 Å². The normalized spacial score (nSPS) is 13.2. The van der Waals surface area contributed by atoms with Crippen molar-refractivity contribution >= 4 is 34.1 Å². The second-order valence-electron chi connectivity index (χ2n) is 11.4. The second kappa shape index (κ2) is 11.3. The number of aromatic carboxylic acids is 1. The number of nitrogens with zero attached hydrogens (tertiary/aromatic N) is 4. The number of aryl methyl sites for hydroxylation is 2. The third kappa shape index (κ3) is 5.91. The minimum absolute atomic E-state index is 0.105. The number of rotatable bonds is 10. The Morgan fingerprint density at radius 1 is 1.15 bits per heavy atom. The number of alkyl carbamates (subject to hydrolysis) is 1. The van der Waals surface area contributed by atoms with Crippen LogP contribution in [-0.2, 0) is 23.9 Å². The average molecular weight is 562 g/mol. The third-order valence-corrected chi connectivity index (χ3v) is 7.21. The van der Waals surface area contributed by atoms with Gasteiger partial charge in [-0.2, -0.15) is 0 Å². The van der Waals surface area contributed by atoms with E-state index in [1.165, 1.54) is 13.2 Å². The predicted octanol–water partition coefficient (Wildman–Crippen LogP) is 6.41. The maximum atomic E-state index is 12.7. The molecular weight excluding hydrogens is 522 g/mol. The molecule has 41 heavy (non-hydrogen) atoms. The van der Waals surface area contributed by atoms with Crippen LogP contribution in [0.4, 0.5) is 4.79 Å². The van der Waals surface area contributed by atoms with E-state index in [-0.39, 0.29) is 5.56 Å². The van der Waals surface area contributed by atoms with Gasteiger partial charge in [-0.1, -0.05) is 13.0 Å². The Hall–Kier alpha value is -4.34. The highest BCUT2D eigenvalue weighted by Gasteiger charge is 2.31. The van der Waals surface area contributed by atoms with Crippen molar-refractivity contribution in [3.63, 3.8) is 0 Å². The molecule has 0 spiro atoms. The molecule has 2 N–H and O–H groups in total. The van der Waals surface area contributed by atoms with Crippen molar-refractivity contribution in [1.29, 1.82) is 0 Å². The summed E-state index contributed by atoms with van der Waals surface area (Å²) in [5.74, 6) is 0.0403. The number of methoxy groups -OCH3 is 1. The molecule has 4 aromatic rings. The van der Waals surface area contributed by atoms with Gasteiger partial charge in [0.05, 0.1) is 35.1 Å². The number of fused-ring (bicyclic) bond motifs is 2. The molecule has 0 saturated heterocycles. The Bertz CT molecular complexity index is 1630. The molecular formula is C31H39N5O5. The van der Waals surface area contributed by atoms with Crippen LogP contribution in [0.25, 0.3) is 33.6 Å². The maximum Gasteiger partial charge on any atom is 0.408 e. The van der Waals surface area contributed by atoms with Crippen LogP contribution in [0.5, 0.6) is 5.75 Å². The number of ether oxygens (including phenoxy) is 2. The Morgan fingerprint density at radius 2 is 1.88 bits per heavy atom. The maximum absolute atomic E-state index is 12.7. The first-order valence-corrected chi connectivity index (χ1v) is 13.7. The van der Waals surface area contributed by atoms with Gasteiger partial charge in [0.1, 0.15) is 22.5 Å². The summed E-state index contributed by atoms with van der Waals surface area (Å²) in [4.78, 5) is 34.4. The molecule has 10 nitrogen and oxygen atoms in total. The number of unbranched alkanes of at least 4 members (excludes halogenated alkanes) is 1. The van der Waals surface area contributed by atoms with E-state index in [0.717, 1.165) is 29.6 Å². The van der Waals surface area contributed by atoms with Crippen molar-refractivity contribution in [3.05, 3.63) is 54.2 Å². The van der Waals surface area contributed by atoms with Gasteiger partial charge >= 0.3 is 12.1 Å². The zero-order chi connectivity index (χ0) is 30.1. The topological polar surface area (TPSA) is 120 Å². The number of carboxylic acid groups (broad SMARTS) is 1. The van der Waals surface area contributed by atoms with E-state index < -0.39 is 23.2 Å². The number of pyridine rings is 1. The fourth-order valence-corrected chi connectivity index (χ4v) is 4.92. The molecule has 0 aliphatic carbocycles. The van der Waals surface area contributed by atoms with Crippen molar-refractivity contribution < 1.29 is 24.2 Å². The van der Waals surface area contributed by atoms with Crippen LogP contribution in [0.3, 0.4) is 0 Å². The molecule has 3 aromatic heterocycles. The highest BCUT2D eigenvalue weighted by Crippen LogP contribution is 2.35. The van der Waals surface area contributed by atoms with E-state index in [1.54, 1.807) is 6.07 Å². The molecule has 1 atom stereocenters. The van der Waals surface area contributed by atoms with E-state index in [9.17, 15) is 14.7 Å². The Kier molecular flexibility index (Phi) is 8.15. The number of aromatic nitrogens is 4. The van der Waals surface area contributed by atoms with Gasteiger partial charge in [-0.15, -0.1) is 6.58 Å². The molecule has 4 rings (SSSR count). The zero-order valence-electron chi connectivity index (χ0n) is 24.9. The van der Waals surface area contributed by atoms with Gasteiger partial charge in [0.2, 0.25) is 0 Å². The monoisotopic (exact) mass is 561 g/mol. The van der Waals surface area contributed by atoms with E-state index >= 15 is 0 Å². The molecule has 10 heteroatoms. The standard InChI is InChI=1S/C31H39N5O5/c1-9-11-12-15-36-22(27-32-21-16-20(28(37)38)18-23(40-8)25(21)35(27)7)17-19-13-14-24(33-26(19)36)31(6,10-2)34-29(39)41-30(3,4)5/h9,13-14,16-18H,1,10-12,15H2,2-8H3,(H,34,39)(H,37,38). The molecule has 0 aliphatic heterocycles. The number of amides is 1. The summed E-state index contributed by atoms with van der Waals surface area (Å²) in [6.07, 6.45) is 3.65. The van der Waals surface area contributed by atoms with Gasteiger partial charge in [-0.25, -0.2) is 19.6 Å². The van der Waals surface area contributed by atoms with E-state index in [4.69, 9.17) is 19.4 Å². The zero-order valence-corrected chi connectivity index (χ0v) is 24.9. The Morgan fingerprint density at radius 3 is 2.49 bits per heavy atom. The minimum atomic E-state index is -1.05. The molecule has 218 valence electrons. The smallest absolute Gasteiger partial charge is 0.408 e. The molecule has 1 amide bonds. The highest BCUT2D eigenvalue weighted by molar-refractivity contribution is 5.96. The van der Waals surface area contributed by atoms with Crippen LogP contribution in [-0.4, -0.2) is 49.0 Å². The summed E-state index contributed by atoms with van der Waals surface area (Å²) < 4.78 is 15.1. The Labute approximate surface area is 240 Å². The van der Waals surface area contributed by atoms with Gasteiger partial charge in [0.15, 0.2) is 5.82 Å². The van der Waals surface area contributed by atoms with Crippen LogP contribution in [0.2, 0.25) is 0 Å². The molecule has 0 aliphatic rings. The fourth-order valence-electron chi connectivity index (χ4n) is 4.92. The van der Waals surface area contributed by atoms with Crippen LogP contribution in [0, 0.1) is 0 Å². The fraction of sp³-hybridized carbons (Fsp3) is 0.419. The van der Waals surface area contributed by atoms with Crippen molar-refractivity contribution in [1.82, 2.24) is 24.4 Å². The lowest BCUT2D eigenvalue weighted by atomic mass is 9.94. The van der Waals surface area contributed by atoms with Crippen LogP contribution < -0.4 is 10.1 Å². The second-order valence-corrected chi connectivity index (χ2v) is 11.4. The molecule has 0 saturated carbocycles. The van der Waals surface area contributed by atoms with Crippen molar-refractivity contribution in [2.24, 2.45) is 7.05 Å².